The first-order valence-electron chi connectivity index (χ1n) is 9.39. The first kappa shape index (κ1) is 28.6. The fourth-order valence-corrected chi connectivity index (χ4v) is 2.30. The van der Waals surface area contributed by atoms with Crippen molar-refractivity contribution in [2.24, 2.45) is 0 Å². The van der Waals surface area contributed by atoms with Crippen molar-refractivity contribution in [2.45, 2.75) is 52.2 Å². The molecule has 0 atom stereocenters. The molecule has 0 fully saturated rings. The molecule has 14 heteroatoms. The van der Waals surface area contributed by atoms with Crippen LogP contribution in [0.1, 0.15) is 39.8 Å². The molecule has 0 N–H and O–H groups in total. The molecule has 3 aromatic rings. The SMILES string of the molecule is CC(C)[N-]C([N-]C(C)C)n1nnnc1C(F)(F)F.Fc1c[c-]c(-c2ccccn2)c(F)n1.[Ir+3]. The van der Waals surface area contributed by atoms with Gasteiger partial charge in [0.05, 0.1) is 0 Å². The number of pyridine rings is 2. The molecule has 8 nitrogen and oxygen atoms in total. The minimum Gasteiger partial charge on any atom is -0.657 e. The summed E-state index contributed by atoms with van der Waals surface area (Å²) in [6, 6.07) is 8.09. The van der Waals surface area contributed by atoms with E-state index in [4.69, 9.17) is 0 Å². The molecule has 0 aliphatic heterocycles. The Bertz CT molecular complexity index is 972. The normalized spacial score (nSPS) is 11.4. The van der Waals surface area contributed by atoms with Crippen LogP contribution in [0.5, 0.6) is 0 Å². The average molecular weight is 648 g/mol. The Hall–Kier alpha value is -2.41. The summed E-state index contributed by atoms with van der Waals surface area (Å²) in [5, 5.41) is 17.5. The Morgan fingerprint density at radius 2 is 1.67 bits per heavy atom. The number of aromatic nitrogens is 6. The van der Waals surface area contributed by atoms with E-state index in [0.29, 0.717) is 10.4 Å². The third-order valence-corrected chi connectivity index (χ3v) is 3.50. The molecule has 3 rings (SSSR count). The Kier molecular flexibility index (Phi) is 11.0. The number of alkyl halides is 3. The van der Waals surface area contributed by atoms with Crippen molar-refractivity contribution in [3.05, 3.63) is 64.9 Å². The molecular weight excluding hydrogens is 627 g/mol. The second-order valence-electron chi connectivity index (χ2n) is 6.88. The predicted octanol–water partition coefficient (Wildman–Crippen LogP) is 4.93. The summed E-state index contributed by atoms with van der Waals surface area (Å²) >= 11 is 0. The van der Waals surface area contributed by atoms with Gasteiger partial charge in [0, 0.05) is 6.20 Å². The molecule has 0 bridgehead atoms. The van der Waals surface area contributed by atoms with Gasteiger partial charge in [0.25, 0.3) is 5.82 Å². The van der Waals surface area contributed by atoms with E-state index in [0.717, 1.165) is 6.07 Å². The smallest absolute Gasteiger partial charge is 0.657 e. The number of tetrazole rings is 1. The molecule has 0 unspecified atom stereocenters. The molecule has 0 spiro atoms. The molecule has 0 saturated heterocycles. The zero-order chi connectivity index (χ0) is 23.9. The van der Waals surface area contributed by atoms with Crippen molar-refractivity contribution in [3.8, 4) is 11.3 Å². The van der Waals surface area contributed by atoms with Crippen LogP contribution in [0.2, 0.25) is 0 Å². The van der Waals surface area contributed by atoms with E-state index in [9.17, 15) is 22.0 Å². The van der Waals surface area contributed by atoms with E-state index in [1.165, 1.54) is 6.20 Å². The molecule has 33 heavy (non-hydrogen) atoms. The number of hydrogen-bond acceptors (Lipinski definition) is 5. The van der Waals surface area contributed by atoms with Gasteiger partial charge in [-0.2, -0.15) is 13.2 Å². The van der Waals surface area contributed by atoms with Crippen molar-refractivity contribution in [3.63, 3.8) is 0 Å². The minimum absolute atomic E-state index is 0. The first-order valence-corrected chi connectivity index (χ1v) is 9.39. The summed E-state index contributed by atoms with van der Waals surface area (Å²) in [6.45, 7) is 7.00. The van der Waals surface area contributed by atoms with Gasteiger partial charge in [-0.15, -0.1) is 29.5 Å². The molecule has 0 aromatic carbocycles. The zero-order valence-corrected chi connectivity index (χ0v) is 20.3. The molecule has 0 saturated carbocycles. The molecular formula is C19H20F5IrN8. The number of halogens is 5. The predicted molar refractivity (Wildman–Crippen MR) is 105 cm³/mol. The van der Waals surface area contributed by atoms with E-state index in [-0.39, 0.29) is 37.8 Å². The van der Waals surface area contributed by atoms with Crippen molar-refractivity contribution < 1.29 is 42.1 Å². The standard InChI is InChI=1S/C10H5F2N2.C9H15F3N6.Ir/c11-9-5-4-7(10(12)14-9)8-3-1-2-6-13-8;1-5(2)13-8(14-6(3)4)18-7(9(10,11)12)15-16-17-18;/h1-3,5-6H;5-6,8H,1-4H3;/q-1;-2;+3. The molecule has 0 aliphatic carbocycles. The van der Waals surface area contributed by atoms with Gasteiger partial charge in [0.15, 0.2) is 0 Å². The molecule has 3 aromatic heterocycles. The summed E-state index contributed by atoms with van der Waals surface area (Å²) in [6.07, 6.45) is -4.16. The quantitative estimate of drug-likeness (QED) is 0.215. The van der Waals surface area contributed by atoms with Crippen molar-refractivity contribution in [2.75, 3.05) is 0 Å². The Morgan fingerprint density at radius 3 is 2.15 bits per heavy atom. The maximum atomic E-state index is 13.1. The van der Waals surface area contributed by atoms with E-state index >= 15 is 0 Å². The average Bonchev–Trinajstić information content (AvgIpc) is 3.18. The summed E-state index contributed by atoms with van der Waals surface area (Å²) in [5.74, 6) is -2.98. The third kappa shape index (κ3) is 8.80. The van der Waals surface area contributed by atoms with Gasteiger partial charge in [0.1, 0.15) is 11.9 Å². The summed E-state index contributed by atoms with van der Waals surface area (Å²) < 4.78 is 64.2. The zero-order valence-electron chi connectivity index (χ0n) is 17.9. The second kappa shape index (κ2) is 12.7. The molecule has 0 radical (unpaired) electrons. The fraction of sp³-hybridized carbons (Fsp3) is 0.421. The van der Waals surface area contributed by atoms with Gasteiger partial charge >= 0.3 is 26.3 Å². The van der Waals surface area contributed by atoms with Gasteiger partial charge < -0.3 is 15.6 Å². The van der Waals surface area contributed by atoms with E-state index in [1.807, 2.05) is 0 Å². The van der Waals surface area contributed by atoms with Crippen LogP contribution in [-0.4, -0.2) is 42.3 Å². The number of nitrogens with zero attached hydrogens (tertiary/aromatic N) is 8. The molecule has 0 aliphatic rings. The summed E-state index contributed by atoms with van der Waals surface area (Å²) in [7, 11) is 0. The number of rotatable bonds is 6. The largest absolute Gasteiger partial charge is 3.00 e. The summed E-state index contributed by atoms with van der Waals surface area (Å²) in [5.41, 5.74) is 0.463. The Morgan fingerprint density at radius 1 is 1.03 bits per heavy atom. The van der Waals surface area contributed by atoms with E-state index in [2.05, 4.69) is 42.2 Å². The van der Waals surface area contributed by atoms with Crippen LogP contribution in [0, 0.1) is 18.0 Å². The molecule has 180 valence electrons. The Balaban J connectivity index is 0.000000328. The molecule has 0 amide bonds. The van der Waals surface area contributed by atoms with Gasteiger partial charge in [-0.1, -0.05) is 51.5 Å². The Labute approximate surface area is 200 Å². The van der Waals surface area contributed by atoms with Gasteiger partial charge in [-0.3, -0.25) is 9.67 Å². The maximum Gasteiger partial charge on any atom is 3.00 e. The van der Waals surface area contributed by atoms with Gasteiger partial charge in [0.2, 0.25) is 0 Å². The van der Waals surface area contributed by atoms with Crippen LogP contribution in [0.3, 0.4) is 0 Å². The molecule has 3 heterocycles. The van der Waals surface area contributed by atoms with Crippen LogP contribution in [0.4, 0.5) is 22.0 Å². The van der Waals surface area contributed by atoms with Crippen molar-refractivity contribution in [1.29, 1.82) is 0 Å². The van der Waals surface area contributed by atoms with Crippen LogP contribution < -0.4 is 0 Å². The summed E-state index contributed by atoms with van der Waals surface area (Å²) in [4.78, 5) is 6.95. The van der Waals surface area contributed by atoms with Crippen LogP contribution >= 0.6 is 0 Å². The third-order valence-electron chi connectivity index (χ3n) is 3.50. The van der Waals surface area contributed by atoms with Crippen LogP contribution in [-0.2, 0) is 26.3 Å². The van der Waals surface area contributed by atoms with Crippen molar-refractivity contribution in [1.82, 2.24) is 30.2 Å². The number of hydrogen-bond donors (Lipinski definition) is 0. The van der Waals surface area contributed by atoms with Crippen molar-refractivity contribution >= 4 is 0 Å². The maximum absolute atomic E-state index is 13.1. The minimum atomic E-state index is -4.62. The van der Waals surface area contributed by atoms with Crippen LogP contribution in [0.25, 0.3) is 21.9 Å². The topological polar surface area (TPSA) is 97.6 Å². The van der Waals surface area contributed by atoms with Gasteiger partial charge in [-0.25, -0.2) is 8.78 Å². The van der Waals surface area contributed by atoms with Crippen LogP contribution in [0.15, 0.2) is 30.5 Å². The fourth-order valence-electron chi connectivity index (χ4n) is 2.30. The monoisotopic (exact) mass is 648 g/mol. The van der Waals surface area contributed by atoms with E-state index < -0.39 is 30.2 Å². The van der Waals surface area contributed by atoms with E-state index in [1.54, 1.807) is 45.9 Å². The first-order chi connectivity index (χ1) is 15.0. The second-order valence-corrected chi connectivity index (χ2v) is 6.88. The van der Waals surface area contributed by atoms with Gasteiger partial charge in [-0.05, 0) is 22.2 Å².